The summed E-state index contributed by atoms with van der Waals surface area (Å²) in [6.07, 6.45) is 0. The van der Waals surface area contributed by atoms with Gasteiger partial charge in [0.1, 0.15) is 0 Å². The SMILES string of the molecule is c1ccc2cc(-c3ccc(N(c4ccc(-c5ccc6ccccc6c5)cc4)c4nc5ccc6ccccc6c5s4)cc3)ccc2c1. The summed E-state index contributed by atoms with van der Waals surface area (Å²) in [6.45, 7) is 0. The number of anilines is 3. The van der Waals surface area contributed by atoms with Crippen LogP contribution in [-0.4, -0.2) is 4.98 Å². The zero-order valence-corrected chi connectivity index (χ0v) is 25.8. The van der Waals surface area contributed by atoms with Gasteiger partial charge >= 0.3 is 0 Å². The normalized spacial score (nSPS) is 11.5. The van der Waals surface area contributed by atoms with E-state index in [-0.39, 0.29) is 0 Å². The van der Waals surface area contributed by atoms with Crippen molar-refractivity contribution in [3.8, 4) is 22.3 Å². The Balaban J connectivity index is 1.14. The zero-order chi connectivity index (χ0) is 30.5. The maximum Gasteiger partial charge on any atom is 0.195 e. The van der Waals surface area contributed by atoms with Gasteiger partial charge in [0, 0.05) is 16.8 Å². The summed E-state index contributed by atoms with van der Waals surface area (Å²) >= 11 is 1.74. The molecule has 0 aliphatic carbocycles. The van der Waals surface area contributed by atoms with Crippen molar-refractivity contribution < 1.29 is 0 Å². The van der Waals surface area contributed by atoms with Crippen LogP contribution < -0.4 is 4.90 Å². The first-order chi connectivity index (χ1) is 22.8. The van der Waals surface area contributed by atoms with E-state index < -0.39 is 0 Å². The smallest absolute Gasteiger partial charge is 0.195 e. The van der Waals surface area contributed by atoms with Crippen LogP contribution >= 0.6 is 11.3 Å². The highest BCUT2D eigenvalue weighted by molar-refractivity contribution is 7.23. The topological polar surface area (TPSA) is 16.1 Å². The molecule has 0 N–H and O–H groups in total. The number of rotatable bonds is 5. The molecular formula is C43H28N2S. The van der Waals surface area contributed by atoms with Gasteiger partial charge in [0.25, 0.3) is 0 Å². The highest BCUT2D eigenvalue weighted by Gasteiger charge is 2.18. The second-order valence-electron chi connectivity index (χ2n) is 11.7. The molecule has 0 fully saturated rings. The summed E-state index contributed by atoms with van der Waals surface area (Å²) in [5.74, 6) is 0. The molecule has 46 heavy (non-hydrogen) atoms. The Bertz CT molecular complexity index is 2410. The van der Waals surface area contributed by atoms with Gasteiger partial charge in [-0.25, -0.2) is 4.98 Å². The van der Waals surface area contributed by atoms with Gasteiger partial charge in [0.15, 0.2) is 5.13 Å². The van der Waals surface area contributed by atoms with Crippen LogP contribution in [0, 0.1) is 0 Å². The van der Waals surface area contributed by atoms with Gasteiger partial charge in [-0.15, -0.1) is 0 Å². The molecule has 0 saturated carbocycles. The minimum atomic E-state index is 0.947. The van der Waals surface area contributed by atoms with E-state index in [0.29, 0.717) is 0 Å². The average molecular weight is 605 g/mol. The summed E-state index contributed by atoms with van der Waals surface area (Å²) in [5, 5.41) is 8.42. The number of fused-ring (bicyclic) bond motifs is 5. The summed E-state index contributed by atoms with van der Waals surface area (Å²) in [5.41, 5.74) is 7.97. The number of hydrogen-bond acceptors (Lipinski definition) is 3. The zero-order valence-electron chi connectivity index (χ0n) is 25.0. The first-order valence-electron chi connectivity index (χ1n) is 15.5. The fourth-order valence-corrected chi connectivity index (χ4v) is 7.60. The van der Waals surface area contributed by atoms with Crippen LogP contribution in [0.15, 0.2) is 170 Å². The van der Waals surface area contributed by atoms with E-state index in [1.807, 2.05) is 0 Å². The molecule has 9 rings (SSSR count). The van der Waals surface area contributed by atoms with E-state index in [2.05, 4.69) is 175 Å². The fourth-order valence-electron chi connectivity index (χ4n) is 6.45. The van der Waals surface area contributed by atoms with Gasteiger partial charge in [0.2, 0.25) is 0 Å². The molecule has 0 bridgehead atoms. The molecule has 0 saturated heterocycles. The van der Waals surface area contributed by atoms with E-state index in [0.717, 1.165) is 22.0 Å². The quantitative estimate of drug-likeness (QED) is 0.194. The molecule has 216 valence electrons. The lowest BCUT2D eigenvalue weighted by Gasteiger charge is -2.23. The van der Waals surface area contributed by atoms with Crippen molar-refractivity contribution in [3.63, 3.8) is 0 Å². The second kappa shape index (κ2) is 11.0. The minimum Gasteiger partial charge on any atom is -0.286 e. The molecule has 0 aliphatic heterocycles. The van der Waals surface area contributed by atoms with Crippen molar-refractivity contribution >= 4 is 70.4 Å². The van der Waals surface area contributed by atoms with Gasteiger partial charge in [-0.3, -0.25) is 4.90 Å². The molecule has 0 amide bonds. The van der Waals surface area contributed by atoms with Crippen LogP contribution in [0.2, 0.25) is 0 Å². The molecule has 0 unspecified atom stereocenters. The van der Waals surface area contributed by atoms with Crippen molar-refractivity contribution in [3.05, 3.63) is 170 Å². The van der Waals surface area contributed by atoms with Crippen molar-refractivity contribution in [2.45, 2.75) is 0 Å². The lowest BCUT2D eigenvalue weighted by atomic mass is 10.0. The number of aromatic nitrogens is 1. The molecule has 9 aromatic rings. The number of benzene rings is 8. The van der Waals surface area contributed by atoms with Crippen molar-refractivity contribution in [1.29, 1.82) is 0 Å². The molecule has 0 radical (unpaired) electrons. The molecule has 1 heterocycles. The number of nitrogens with zero attached hydrogens (tertiary/aromatic N) is 2. The van der Waals surface area contributed by atoms with Gasteiger partial charge in [-0.1, -0.05) is 139 Å². The minimum absolute atomic E-state index is 0.947. The lowest BCUT2D eigenvalue weighted by molar-refractivity contribution is 1.25. The van der Waals surface area contributed by atoms with Crippen molar-refractivity contribution in [2.75, 3.05) is 4.90 Å². The monoisotopic (exact) mass is 604 g/mol. The van der Waals surface area contributed by atoms with Crippen LogP contribution in [0.4, 0.5) is 16.5 Å². The maximum atomic E-state index is 5.19. The Morgan fingerprint density at radius 2 is 0.848 bits per heavy atom. The highest BCUT2D eigenvalue weighted by Crippen LogP contribution is 2.42. The summed E-state index contributed by atoms with van der Waals surface area (Å²) in [7, 11) is 0. The van der Waals surface area contributed by atoms with E-state index in [1.165, 1.54) is 59.3 Å². The van der Waals surface area contributed by atoms with Crippen molar-refractivity contribution in [2.24, 2.45) is 0 Å². The van der Waals surface area contributed by atoms with Gasteiger partial charge in [-0.05, 0) is 91.6 Å². The number of hydrogen-bond donors (Lipinski definition) is 0. The molecule has 8 aromatic carbocycles. The predicted octanol–water partition coefficient (Wildman–Crippen LogP) is 12.6. The highest BCUT2D eigenvalue weighted by atomic mass is 32.1. The molecule has 1 aromatic heterocycles. The summed E-state index contributed by atoms with van der Waals surface area (Å²) < 4.78 is 1.21. The van der Waals surface area contributed by atoms with E-state index >= 15 is 0 Å². The lowest BCUT2D eigenvalue weighted by Crippen LogP contribution is -2.09. The van der Waals surface area contributed by atoms with Crippen LogP contribution in [0.1, 0.15) is 0 Å². The number of thiazole rings is 1. The molecule has 0 aliphatic rings. The average Bonchev–Trinajstić information content (AvgIpc) is 3.56. The fraction of sp³-hybridized carbons (Fsp3) is 0. The summed E-state index contributed by atoms with van der Waals surface area (Å²) in [4.78, 5) is 7.48. The maximum absolute atomic E-state index is 5.19. The Morgan fingerprint density at radius 3 is 1.41 bits per heavy atom. The largest absolute Gasteiger partial charge is 0.286 e. The van der Waals surface area contributed by atoms with Crippen LogP contribution in [-0.2, 0) is 0 Å². The van der Waals surface area contributed by atoms with Crippen LogP contribution in [0.3, 0.4) is 0 Å². The third kappa shape index (κ3) is 4.70. The van der Waals surface area contributed by atoms with E-state index in [9.17, 15) is 0 Å². The van der Waals surface area contributed by atoms with Crippen LogP contribution in [0.25, 0.3) is 64.8 Å². The molecular weight excluding hydrogens is 577 g/mol. The predicted molar refractivity (Wildman–Crippen MR) is 198 cm³/mol. The Hall–Kier alpha value is -5.77. The van der Waals surface area contributed by atoms with E-state index in [1.54, 1.807) is 11.3 Å². The first kappa shape index (κ1) is 26.6. The third-order valence-corrected chi connectivity index (χ3v) is 9.97. The van der Waals surface area contributed by atoms with Crippen LogP contribution in [0.5, 0.6) is 0 Å². The Kier molecular flexibility index (Phi) is 6.36. The van der Waals surface area contributed by atoms with Gasteiger partial charge in [-0.2, -0.15) is 0 Å². The molecule has 0 atom stereocenters. The standard InChI is InChI=1S/C43H28N2S/c1-3-10-34-27-36(15-13-29(34)7-1)31-17-22-38(23-18-31)45(43-44-41-26-21-33-9-5-6-12-40(33)42(41)46-43)39-24-19-32(20-25-39)37-16-14-30-8-2-4-11-35(30)28-37/h1-28H. The molecule has 0 spiro atoms. The summed E-state index contributed by atoms with van der Waals surface area (Å²) in [6, 6.07) is 61.0. The molecule has 2 nitrogen and oxygen atoms in total. The third-order valence-electron chi connectivity index (χ3n) is 8.88. The van der Waals surface area contributed by atoms with Gasteiger partial charge in [0.05, 0.1) is 10.2 Å². The Labute approximate surface area is 271 Å². The van der Waals surface area contributed by atoms with Crippen molar-refractivity contribution in [1.82, 2.24) is 4.98 Å². The second-order valence-corrected chi connectivity index (χ2v) is 12.7. The van der Waals surface area contributed by atoms with Gasteiger partial charge < -0.3 is 0 Å². The van der Waals surface area contributed by atoms with E-state index in [4.69, 9.17) is 4.98 Å². The molecule has 3 heteroatoms. The first-order valence-corrected chi connectivity index (χ1v) is 16.4. The Morgan fingerprint density at radius 1 is 0.391 bits per heavy atom.